The summed E-state index contributed by atoms with van der Waals surface area (Å²) < 4.78 is 0. The molecule has 2 rings (SSSR count). The molecular formula is C15H19N3O3. The molecule has 0 spiro atoms. The number of nitrogens with zero attached hydrogens (tertiary/aromatic N) is 2. The van der Waals surface area contributed by atoms with Gasteiger partial charge in [0.05, 0.1) is 6.54 Å². The number of hydrogen-bond donors (Lipinski definition) is 2. The number of amides is 1. The molecule has 2 N–H and O–H groups in total. The van der Waals surface area contributed by atoms with Crippen molar-refractivity contribution in [3.8, 4) is 0 Å². The topological polar surface area (TPSA) is 82.5 Å². The average Bonchev–Trinajstić information content (AvgIpc) is 3.19. The number of aromatic nitrogens is 1. The van der Waals surface area contributed by atoms with Crippen LogP contribution in [0.5, 0.6) is 0 Å². The van der Waals surface area contributed by atoms with Gasteiger partial charge in [0.2, 0.25) is 5.91 Å². The third kappa shape index (κ3) is 4.59. The van der Waals surface area contributed by atoms with Crippen LogP contribution in [0.2, 0.25) is 0 Å². The minimum absolute atomic E-state index is 0.00366. The molecule has 1 fully saturated rings. The highest BCUT2D eigenvalue weighted by molar-refractivity contribution is 5.85. The molecule has 1 saturated carbocycles. The number of aryl methyl sites for hydroxylation is 1. The summed E-state index contributed by atoms with van der Waals surface area (Å²) in [4.78, 5) is 28.4. The van der Waals surface area contributed by atoms with Crippen molar-refractivity contribution in [2.45, 2.75) is 25.8 Å². The van der Waals surface area contributed by atoms with E-state index in [0.29, 0.717) is 11.9 Å². The fourth-order valence-electron chi connectivity index (χ4n) is 2.04. The molecule has 0 radical (unpaired) electrons. The predicted molar refractivity (Wildman–Crippen MR) is 80.1 cm³/mol. The van der Waals surface area contributed by atoms with Crippen LogP contribution in [-0.2, 0) is 9.59 Å². The summed E-state index contributed by atoms with van der Waals surface area (Å²) in [6, 6.07) is 2.19. The quantitative estimate of drug-likeness (QED) is 0.769. The molecule has 21 heavy (non-hydrogen) atoms. The summed E-state index contributed by atoms with van der Waals surface area (Å²) in [6.07, 6.45) is 6.29. The number of rotatable bonds is 6. The zero-order valence-electron chi connectivity index (χ0n) is 12.2. The van der Waals surface area contributed by atoms with Gasteiger partial charge in [-0.15, -0.1) is 0 Å². The van der Waals surface area contributed by atoms with E-state index in [1.54, 1.807) is 11.1 Å². The van der Waals surface area contributed by atoms with E-state index in [1.807, 2.05) is 20.0 Å². The normalized spacial score (nSPS) is 14.2. The Hall–Kier alpha value is -2.37. The van der Waals surface area contributed by atoms with Crippen molar-refractivity contribution >= 4 is 23.8 Å². The Morgan fingerprint density at radius 2 is 2.24 bits per heavy atom. The van der Waals surface area contributed by atoms with Gasteiger partial charge in [-0.2, -0.15) is 0 Å². The summed E-state index contributed by atoms with van der Waals surface area (Å²) in [6.45, 7) is 2.14. The second kappa shape index (κ2) is 6.39. The average molecular weight is 289 g/mol. The van der Waals surface area contributed by atoms with Crippen molar-refractivity contribution in [1.29, 1.82) is 0 Å². The smallest absolute Gasteiger partial charge is 0.328 e. The molecule has 0 unspecified atom stereocenters. The summed E-state index contributed by atoms with van der Waals surface area (Å²) in [5.74, 6) is -0.282. The highest BCUT2D eigenvalue weighted by atomic mass is 16.4. The molecule has 1 aliphatic rings. The maximum absolute atomic E-state index is 11.8. The number of hydrogen-bond acceptors (Lipinski definition) is 4. The second-order valence-corrected chi connectivity index (χ2v) is 5.28. The summed E-state index contributed by atoms with van der Waals surface area (Å²) in [7, 11) is 1.81. The number of carboxylic acids is 1. The van der Waals surface area contributed by atoms with Crippen molar-refractivity contribution in [2.75, 3.05) is 18.5 Å². The van der Waals surface area contributed by atoms with Gasteiger partial charge < -0.3 is 15.3 Å². The Morgan fingerprint density at radius 3 is 2.81 bits per heavy atom. The first-order valence-electron chi connectivity index (χ1n) is 6.84. The molecule has 6 nitrogen and oxygen atoms in total. The van der Waals surface area contributed by atoms with Gasteiger partial charge in [0.25, 0.3) is 0 Å². The van der Waals surface area contributed by atoms with E-state index >= 15 is 0 Å². The molecule has 1 heterocycles. The van der Waals surface area contributed by atoms with Gasteiger partial charge in [-0.25, -0.2) is 9.78 Å². The molecule has 6 heteroatoms. The van der Waals surface area contributed by atoms with Crippen molar-refractivity contribution in [1.82, 2.24) is 10.3 Å². The zero-order valence-corrected chi connectivity index (χ0v) is 12.2. The van der Waals surface area contributed by atoms with Crippen molar-refractivity contribution in [2.24, 2.45) is 0 Å². The van der Waals surface area contributed by atoms with Crippen LogP contribution < -0.4 is 10.2 Å². The number of nitrogens with one attached hydrogen (secondary N) is 1. The number of aliphatic carboxylic acids is 1. The Kier molecular flexibility index (Phi) is 4.57. The van der Waals surface area contributed by atoms with Gasteiger partial charge in [0, 0.05) is 25.4 Å². The first-order valence-corrected chi connectivity index (χ1v) is 6.84. The third-order valence-corrected chi connectivity index (χ3v) is 3.17. The van der Waals surface area contributed by atoms with E-state index in [1.165, 1.54) is 6.08 Å². The minimum Gasteiger partial charge on any atom is -0.478 e. The van der Waals surface area contributed by atoms with Gasteiger partial charge in [-0.05, 0) is 43.0 Å². The summed E-state index contributed by atoms with van der Waals surface area (Å²) >= 11 is 0. The summed E-state index contributed by atoms with van der Waals surface area (Å²) in [5, 5.41) is 11.5. The molecular weight excluding hydrogens is 270 g/mol. The van der Waals surface area contributed by atoms with E-state index < -0.39 is 5.97 Å². The molecule has 1 aliphatic carbocycles. The van der Waals surface area contributed by atoms with Gasteiger partial charge in [-0.3, -0.25) is 4.79 Å². The number of carbonyl (C=O) groups excluding carboxylic acids is 1. The Balaban J connectivity index is 2.01. The molecule has 0 aromatic carbocycles. The van der Waals surface area contributed by atoms with Gasteiger partial charge in [0.1, 0.15) is 5.82 Å². The Morgan fingerprint density at radius 1 is 1.52 bits per heavy atom. The van der Waals surface area contributed by atoms with Crippen LogP contribution in [0, 0.1) is 6.92 Å². The fraction of sp³-hybridized carbons (Fsp3) is 0.400. The van der Waals surface area contributed by atoms with Crippen LogP contribution in [-0.4, -0.2) is 41.6 Å². The van der Waals surface area contributed by atoms with Crippen molar-refractivity contribution in [3.05, 3.63) is 29.5 Å². The number of carboxylic acid groups (broad SMARTS) is 1. The number of likely N-dealkylation sites (N-methyl/N-ethyl adjacent to an activating group) is 1. The van der Waals surface area contributed by atoms with Crippen LogP contribution in [0.1, 0.15) is 24.0 Å². The Bertz CT molecular complexity index is 580. The number of carbonyl (C=O) groups is 2. The minimum atomic E-state index is -0.995. The molecule has 0 bridgehead atoms. The van der Waals surface area contributed by atoms with E-state index in [9.17, 15) is 9.59 Å². The summed E-state index contributed by atoms with van der Waals surface area (Å²) in [5.41, 5.74) is 1.61. The second-order valence-electron chi connectivity index (χ2n) is 5.28. The van der Waals surface area contributed by atoms with Crippen molar-refractivity contribution in [3.63, 3.8) is 0 Å². The number of pyridine rings is 1. The largest absolute Gasteiger partial charge is 0.478 e. The van der Waals surface area contributed by atoms with Gasteiger partial charge in [-0.1, -0.05) is 0 Å². The fourth-order valence-corrected chi connectivity index (χ4v) is 2.04. The third-order valence-electron chi connectivity index (χ3n) is 3.17. The lowest BCUT2D eigenvalue weighted by Gasteiger charge is -2.19. The lowest BCUT2D eigenvalue weighted by Crippen LogP contribution is -2.36. The molecule has 112 valence electrons. The predicted octanol–water partition coefficient (Wildman–Crippen LogP) is 1.20. The number of anilines is 1. The lowest BCUT2D eigenvalue weighted by molar-refractivity contribution is -0.131. The SMILES string of the molecule is Cc1cc(/C=C/C(=O)O)cnc1N(C)CC(=O)NC1CC1. The highest BCUT2D eigenvalue weighted by Gasteiger charge is 2.23. The van der Waals surface area contributed by atoms with E-state index in [-0.39, 0.29) is 12.5 Å². The van der Waals surface area contributed by atoms with Crippen LogP contribution >= 0.6 is 0 Å². The van der Waals surface area contributed by atoms with Crippen molar-refractivity contribution < 1.29 is 14.7 Å². The maximum atomic E-state index is 11.8. The molecule has 0 aliphatic heterocycles. The first-order chi connectivity index (χ1) is 9.95. The van der Waals surface area contributed by atoms with Crippen LogP contribution in [0.3, 0.4) is 0 Å². The Labute approximate surface area is 123 Å². The monoisotopic (exact) mass is 289 g/mol. The van der Waals surface area contributed by atoms with Gasteiger partial charge >= 0.3 is 5.97 Å². The van der Waals surface area contributed by atoms with E-state index in [4.69, 9.17) is 5.11 Å². The van der Waals surface area contributed by atoms with E-state index in [0.717, 1.165) is 30.0 Å². The highest BCUT2D eigenvalue weighted by Crippen LogP contribution is 2.19. The molecule has 1 aromatic rings. The lowest BCUT2D eigenvalue weighted by atomic mass is 10.2. The van der Waals surface area contributed by atoms with E-state index in [2.05, 4.69) is 10.3 Å². The molecule has 1 amide bonds. The van der Waals surface area contributed by atoms with Crippen LogP contribution in [0.25, 0.3) is 6.08 Å². The molecule has 0 saturated heterocycles. The van der Waals surface area contributed by atoms with Gasteiger partial charge in [0.15, 0.2) is 0 Å². The molecule has 1 aromatic heterocycles. The first kappa shape index (κ1) is 15.0. The maximum Gasteiger partial charge on any atom is 0.328 e. The standard InChI is InChI=1S/C15H19N3O3/c1-10-7-11(3-6-14(20)21)8-16-15(10)18(2)9-13(19)17-12-4-5-12/h3,6-8,12H,4-5,9H2,1-2H3,(H,17,19)(H,20,21)/b6-3+. The molecule has 0 atom stereocenters. The zero-order chi connectivity index (χ0) is 15.4. The van der Waals surface area contributed by atoms with Crippen LogP contribution in [0.15, 0.2) is 18.3 Å². The van der Waals surface area contributed by atoms with Crippen LogP contribution in [0.4, 0.5) is 5.82 Å².